The van der Waals surface area contributed by atoms with Gasteiger partial charge in [-0.05, 0) is 24.8 Å². The number of nitrogens with zero attached hydrogens (tertiary/aromatic N) is 4. The van der Waals surface area contributed by atoms with E-state index in [4.69, 9.17) is 0 Å². The van der Waals surface area contributed by atoms with Gasteiger partial charge in [0.2, 0.25) is 0 Å². The smallest absolute Gasteiger partial charge is 0.267 e. The summed E-state index contributed by atoms with van der Waals surface area (Å²) in [7, 11) is 0. The fraction of sp³-hybridized carbons (Fsp3) is 0.562. The molecule has 1 N–H and O–H groups in total. The van der Waals surface area contributed by atoms with Gasteiger partial charge < -0.3 is 5.11 Å². The maximum Gasteiger partial charge on any atom is 0.267 e. The topological polar surface area (TPSA) is 71.2 Å². The molecule has 2 aromatic rings. The zero-order valence-corrected chi connectivity index (χ0v) is 13.7. The van der Waals surface area contributed by atoms with E-state index in [0.29, 0.717) is 19.0 Å². The average molecular weight is 332 g/mol. The minimum atomic E-state index is -0.525. The average Bonchev–Trinajstić information content (AvgIpc) is 3.15. The molecule has 1 aliphatic carbocycles. The highest BCUT2D eigenvalue weighted by Crippen LogP contribution is 2.22. The van der Waals surface area contributed by atoms with Crippen LogP contribution in [-0.4, -0.2) is 44.4 Å². The monoisotopic (exact) mass is 332 g/mol. The van der Waals surface area contributed by atoms with E-state index in [-0.39, 0.29) is 5.56 Å². The predicted molar refractivity (Wildman–Crippen MR) is 87.5 cm³/mol. The van der Waals surface area contributed by atoms with Crippen molar-refractivity contribution < 1.29 is 5.11 Å². The second-order valence-corrected chi connectivity index (χ2v) is 7.22. The molecule has 1 saturated heterocycles. The summed E-state index contributed by atoms with van der Waals surface area (Å²) in [5.74, 6) is 0.433. The van der Waals surface area contributed by atoms with Crippen molar-refractivity contribution >= 4 is 11.3 Å². The lowest BCUT2D eigenvalue weighted by atomic mass is 9.99. The molecule has 0 radical (unpaired) electrons. The van der Waals surface area contributed by atoms with Crippen molar-refractivity contribution in [2.75, 3.05) is 19.6 Å². The normalized spacial score (nSPS) is 19.5. The number of aromatic nitrogens is 3. The molecule has 0 bridgehead atoms. The summed E-state index contributed by atoms with van der Waals surface area (Å²) < 4.78 is 1.63. The number of aryl methyl sites for hydroxylation is 2. The first kappa shape index (κ1) is 15.0. The van der Waals surface area contributed by atoms with Gasteiger partial charge >= 0.3 is 0 Å². The molecule has 0 spiro atoms. The third-order valence-electron chi connectivity index (χ3n) is 4.71. The SMILES string of the molecule is O=c1cc2c(nn1CC1CN(CC(O)c3cscn3)C1)CCC2. The lowest BCUT2D eigenvalue weighted by Gasteiger charge is -2.40. The van der Waals surface area contributed by atoms with Crippen molar-refractivity contribution in [2.45, 2.75) is 31.9 Å². The van der Waals surface area contributed by atoms with Gasteiger partial charge in [0, 0.05) is 37.0 Å². The van der Waals surface area contributed by atoms with E-state index in [2.05, 4.69) is 15.0 Å². The Bertz CT molecular complexity index is 737. The Hall–Kier alpha value is -1.57. The van der Waals surface area contributed by atoms with Crippen molar-refractivity contribution in [1.82, 2.24) is 19.7 Å². The van der Waals surface area contributed by atoms with Crippen LogP contribution in [0.2, 0.25) is 0 Å². The minimum absolute atomic E-state index is 0.0200. The van der Waals surface area contributed by atoms with Crippen molar-refractivity contribution in [2.24, 2.45) is 5.92 Å². The van der Waals surface area contributed by atoms with E-state index in [9.17, 15) is 9.90 Å². The zero-order valence-electron chi connectivity index (χ0n) is 12.9. The van der Waals surface area contributed by atoms with Gasteiger partial charge in [-0.25, -0.2) is 9.67 Å². The molecule has 6 nitrogen and oxygen atoms in total. The third kappa shape index (κ3) is 3.08. The van der Waals surface area contributed by atoms with Gasteiger partial charge in [-0.2, -0.15) is 5.10 Å². The number of hydrogen-bond acceptors (Lipinski definition) is 6. The van der Waals surface area contributed by atoms with Crippen LogP contribution in [0.5, 0.6) is 0 Å². The van der Waals surface area contributed by atoms with Crippen molar-refractivity contribution in [3.8, 4) is 0 Å². The van der Waals surface area contributed by atoms with Crippen LogP contribution in [0.1, 0.15) is 29.5 Å². The molecular formula is C16H20N4O2S. The van der Waals surface area contributed by atoms with Crippen molar-refractivity contribution in [1.29, 1.82) is 0 Å². The van der Waals surface area contributed by atoms with Gasteiger partial charge in [0.25, 0.3) is 5.56 Å². The lowest BCUT2D eigenvalue weighted by Crippen LogP contribution is -2.50. The molecule has 0 saturated carbocycles. The standard InChI is InChI=1S/C16H20N4O2S/c21-15(14-9-23-10-17-14)8-19-5-11(6-19)7-20-16(22)4-12-2-1-3-13(12)18-20/h4,9-11,15,21H,1-3,5-8H2. The number of β-amino-alcohol motifs (C(OH)–C–C–N with tert-alkyl or cyclic N) is 1. The molecule has 3 heterocycles. The molecule has 23 heavy (non-hydrogen) atoms. The summed E-state index contributed by atoms with van der Waals surface area (Å²) >= 11 is 1.50. The van der Waals surface area contributed by atoms with E-state index in [0.717, 1.165) is 49.3 Å². The largest absolute Gasteiger partial charge is 0.385 e. The second-order valence-electron chi connectivity index (χ2n) is 6.50. The van der Waals surface area contributed by atoms with Crippen LogP contribution in [0.4, 0.5) is 0 Å². The maximum absolute atomic E-state index is 12.1. The quantitative estimate of drug-likeness (QED) is 0.879. The van der Waals surface area contributed by atoms with Gasteiger partial charge in [0.15, 0.2) is 0 Å². The third-order valence-corrected chi connectivity index (χ3v) is 5.32. The van der Waals surface area contributed by atoms with Crippen LogP contribution in [-0.2, 0) is 19.4 Å². The van der Waals surface area contributed by atoms with E-state index in [1.807, 2.05) is 5.38 Å². The lowest BCUT2D eigenvalue weighted by molar-refractivity contribution is 0.0299. The molecule has 122 valence electrons. The molecule has 1 aliphatic heterocycles. The molecule has 2 aliphatic rings. The highest BCUT2D eigenvalue weighted by atomic mass is 32.1. The van der Waals surface area contributed by atoms with Crippen molar-refractivity contribution in [3.63, 3.8) is 0 Å². The van der Waals surface area contributed by atoms with Gasteiger partial charge in [-0.3, -0.25) is 9.69 Å². The molecule has 1 fully saturated rings. The molecular weight excluding hydrogens is 312 g/mol. The van der Waals surface area contributed by atoms with E-state index in [1.54, 1.807) is 16.3 Å². The van der Waals surface area contributed by atoms with Crippen molar-refractivity contribution in [3.05, 3.63) is 44.3 Å². The number of fused-ring (bicyclic) bond motifs is 1. The van der Waals surface area contributed by atoms with Crippen LogP contribution in [0.25, 0.3) is 0 Å². The van der Waals surface area contributed by atoms with Gasteiger partial charge in [0.05, 0.1) is 23.4 Å². The number of aliphatic hydroxyl groups excluding tert-OH is 1. The first-order chi connectivity index (χ1) is 11.2. The Morgan fingerprint density at radius 1 is 1.39 bits per heavy atom. The first-order valence-corrected chi connectivity index (χ1v) is 9.02. The maximum atomic E-state index is 12.1. The molecule has 1 atom stereocenters. The van der Waals surface area contributed by atoms with E-state index < -0.39 is 6.10 Å². The fourth-order valence-electron chi connectivity index (χ4n) is 3.48. The Morgan fingerprint density at radius 3 is 3.04 bits per heavy atom. The number of rotatable bonds is 5. The summed E-state index contributed by atoms with van der Waals surface area (Å²) in [6, 6.07) is 1.76. The molecule has 1 unspecified atom stereocenters. The predicted octanol–water partition coefficient (Wildman–Crippen LogP) is 0.854. The molecule has 0 aromatic carbocycles. The minimum Gasteiger partial charge on any atom is -0.385 e. The Labute approximate surface area is 138 Å². The Morgan fingerprint density at radius 2 is 2.26 bits per heavy atom. The van der Waals surface area contributed by atoms with E-state index in [1.165, 1.54) is 11.3 Å². The first-order valence-electron chi connectivity index (χ1n) is 8.07. The number of thiazole rings is 1. The van der Waals surface area contributed by atoms with Gasteiger partial charge in [-0.15, -0.1) is 11.3 Å². The van der Waals surface area contributed by atoms with Crippen LogP contribution >= 0.6 is 11.3 Å². The number of aliphatic hydroxyl groups is 1. The Balaban J connectivity index is 1.32. The van der Waals surface area contributed by atoms with Crippen LogP contribution in [0, 0.1) is 5.92 Å². The summed E-state index contributed by atoms with van der Waals surface area (Å²) in [5.41, 5.74) is 4.73. The summed E-state index contributed by atoms with van der Waals surface area (Å²) in [4.78, 5) is 18.5. The zero-order chi connectivity index (χ0) is 15.8. The van der Waals surface area contributed by atoms with Gasteiger partial charge in [-0.1, -0.05) is 0 Å². The fourth-order valence-corrected chi connectivity index (χ4v) is 4.08. The highest BCUT2D eigenvalue weighted by molar-refractivity contribution is 7.07. The highest BCUT2D eigenvalue weighted by Gasteiger charge is 2.30. The van der Waals surface area contributed by atoms with E-state index >= 15 is 0 Å². The van der Waals surface area contributed by atoms with Crippen LogP contribution < -0.4 is 5.56 Å². The summed E-state index contributed by atoms with van der Waals surface area (Å²) in [5, 5.41) is 16.5. The second kappa shape index (κ2) is 6.14. The van der Waals surface area contributed by atoms with Crippen LogP contribution in [0.15, 0.2) is 21.8 Å². The summed E-state index contributed by atoms with van der Waals surface area (Å²) in [6.07, 6.45) is 2.57. The number of likely N-dealkylation sites (tertiary alicyclic amines) is 1. The van der Waals surface area contributed by atoms with Gasteiger partial charge in [0.1, 0.15) is 6.10 Å². The van der Waals surface area contributed by atoms with Crippen LogP contribution in [0.3, 0.4) is 0 Å². The molecule has 7 heteroatoms. The molecule has 2 aromatic heterocycles. The molecule has 0 amide bonds. The summed E-state index contributed by atoms with van der Waals surface area (Å²) in [6.45, 7) is 3.07. The Kier molecular flexibility index (Phi) is 4.00. The number of hydrogen-bond donors (Lipinski definition) is 1. The molecule has 4 rings (SSSR count).